The van der Waals surface area contributed by atoms with Crippen molar-refractivity contribution in [2.24, 2.45) is 5.41 Å². The van der Waals surface area contributed by atoms with Gasteiger partial charge in [-0.25, -0.2) is 4.79 Å². The zero-order valence-electron chi connectivity index (χ0n) is 16.7. The minimum absolute atomic E-state index is 0.180. The molecule has 0 amide bonds. The molecule has 3 aliphatic heterocycles. The molecule has 28 heavy (non-hydrogen) atoms. The Hall–Kier alpha value is -2.05. The molecule has 4 aliphatic rings. The Morgan fingerprint density at radius 1 is 1.32 bits per heavy atom. The van der Waals surface area contributed by atoms with Crippen molar-refractivity contribution in [1.82, 2.24) is 4.90 Å². The van der Waals surface area contributed by atoms with Crippen LogP contribution >= 0.6 is 0 Å². The van der Waals surface area contributed by atoms with Crippen molar-refractivity contribution in [3.05, 3.63) is 35.0 Å². The lowest BCUT2D eigenvalue weighted by atomic mass is 9.53. The molecular formula is C22H28N2O4. The normalized spacial score (nSPS) is 34.2. The number of carbonyl (C=O) groups excluding carboxylic acids is 1. The zero-order chi connectivity index (χ0) is 19.7. The molecule has 2 saturated heterocycles. The third kappa shape index (κ3) is 2.02. The molecule has 0 bridgehead atoms. The van der Waals surface area contributed by atoms with Gasteiger partial charge in [-0.2, -0.15) is 0 Å². The highest BCUT2D eigenvalue weighted by Crippen LogP contribution is 2.65. The Morgan fingerprint density at radius 3 is 2.86 bits per heavy atom. The molecule has 0 unspecified atom stereocenters. The van der Waals surface area contributed by atoms with E-state index in [-0.39, 0.29) is 22.8 Å². The highest BCUT2D eigenvalue weighted by Gasteiger charge is 2.67. The van der Waals surface area contributed by atoms with Crippen molar-refractivity contribution >= 4 is 11.7 Å². The number of methoxy groups -OCH3 is 2. The second-order valence-corrected chi connectivity index (χ2v) is 8.73. The van der Waals surface area contributed by atoms with Crippen molar-refractivity contribution in [2.75, 3.05) is 32.6 Å². The molecule has 1 aromatic carbocycles. The lowest BCUT2D eigenvalue weighted by molar-refractivity contribution is -0.138. The number of anilines is 1. The Kier molecular flexibility index (Phi) is 3.84. The third-order valence-electron chi connectivity index (χ3n) is 7.74. The van der Waals surface area contributed by atoms with Crippen LogP contribution in [0.15, 0.2) is 29.5 Å². The van der Waals surface area contributed by atoms with Crippen LogP contribution in [0.25, 0.3) is 0 Å². The summed E-state index contributed by atoms with van der Waals surface area (Å²) in [5.41, 5.74) is 3.24. The first-order valence-corrected chi connectivity index (χ1v) is 10.2. The number of hydrogen-bond acceptors (Lipinski definition) is 6. The maximum absolute atomic E-state index is 12.9. The first-order chi connectivity index (χ1) is 13.5. The number of esters is 1. The summed E-state index contributed by atoms with van der Waals surface area (Å²) in [6.45, 7) is 3.92. The molecule has 0 saturated carbocycles. The van der Waals surface area contributed by atoms with E-state index < -0.39 is 6.10 Å². The summed E-state index contributed by atoms with van der Waals surface area (Å²) in [4.78, 5) is 15.4. The minimum atomic E-state index is -0.501. The van der Waals surface area contributed by atoms with Crippen molar-refractivity contribution in [3.8, 4) is 5.75 Å². The van der Waals surface area contributed by atoms with E-state index in [1.807, 2.05) is 19.1 Å². The predicted octanol–water partition coefficient (Wildman–Crippen LogP) is 2.42. The number of benzene rings is 1. The number of aliphatic hydroxyl groups is 1. The van der Waals surface area contributed by atoms with Gasteiger partial charge in [-0.1, -0.05) is 6.07 Å². The van der Waals surface area contributed by atoms with Crippen LogP contribution in [0.4, 0.5) is 5.69 Å². The van der Waals surface area contributed by atoms with Crippen LogP contribution in [0.5, 0.6) is 5.75 Å². The summed E-state index contributed by atoms with van der Waals surface area (Å²) in [6.07, 6.45) is 2.96. The average molecular weight is 384 g/mol. The summed E-state index contributed by atoms with van der Waals surface area (Å²) in [5, 5.41) is 14.6. The zero-order valence-corrected chi connectivity index (χ0v) is 16.7. The molecule has 3 heterocycles. The van der Waals surface area contributed by atoms with Crippen LogP contribution in [0, 0.1) is 5.41 Å². The number of fused-ring (bicyclic) bond motifs is 1. The molecular weight excluding hydrogens is 356 g/mol. The molecule has 0 aromatic heterocycles. The Balaban J connectivity index is 1.80. The van der Waals surface area contributed by atoms with Gasteiger partial charge in [0.05, 0.1) is 31.3 Å². The van der Waals surface area contributed by atoms with Crippen molar-refractivity contribution in [1.29, 1.82) is 0 Å². The van der Waals surface area contributed by atoms with Crippen LogP contribution in [0.2, 0.25) is 0 Å². The summed E-state index contributed by atoms with van der Waals surface area (Å²) >= 11 is 0. The highest BCUT2D eigenvalue weighted by atomic mass is 16.5. The number of ether oxygens (including phenoxy) is 2. The molecule has 1 spiro atoms. The number of hydrogen-bond donors (Lipinski definition) is 2. The maximum Gasteiger partial charge on any atom is 0.335 e. The number of aliphatic hydroxyl groups excluding tert-OH is 1. The smallest absolute Gasteiger partial charge is 0.335 e. The number of carbonyl (C=O) groups is 1. The largest absolute Gasteiger partial charge is 0.497 e. The van der Waals surface area contributed by atoms with Gasteiger partial charge < -0.3 is 19.9 Å². The molecule has 0 radical (unpaired) electrons. The fourth-order valence-corrected chi connectivity index (χ4v) is 6.64. The molecule has 4 atom stereocenters. The van der Waals surface area contributed by atoms with E-state index in [9.17, 15) is 9.90 Å². The van der Waals surface area contributed by atoms with E-state index >= 15 is 0 Å². The molecule has 1 aromatic rings. The van der Waals surface area contributed by atoms with E-state index in [1.165, 1.54) is 12.7 Å². The molecule has 6 nitrogen and oxygen atoms in total. The maximum atomic E-state index is 12.9. The summed E-state index contributed by atoms with van der Waals surface area (Å²) < 4.78 is 10.6. The summed E-state index contributed by atoms with van der Waals surface area (Å²) in [7, 11) is 3.11. The first kappa shape index (κ1) is 18.0. The quantitative estimate of drug-likeness (QED) is 0.780. The van der Waals surface area contributed by atoms with Gasteiger partial charge in [0.2, 0.25) is 0 Å². The van der Waals surface area contributed by atoms with Crippen molar-refractivity contribution in [2.45, 2.75) is 50.2 Å². The highest BCUT2D eigenvalue weighted by molar-refractivity contribution is 5.93. The van der Waals surface area contributed by atoms with Gasteiger partial charge in [-0.05, 0) is 57.3 Å². The van der Waals surface area contributed by atoms with Crippen molar-refractivity contribution < 1.29 is 19.4 Å². The third-order valence-corrected chi connectivity index (χ3v) is 7.74. The summed E-state index contributed by atoms with van der Waals surface area (Å²) in [6, 6.07) is 6.33. The molecule has 2 fully saturated rings. The number of nitrogens with zero attached hydrogens (tertiary/aromatic N) is 1. The molecule has 2 N–H and O–H groups in total. The van der Waals surface area contributed by atoms with Gasteiger partial charge in [-0.15, -0.1) is 0 Å². The van der Waals surface area contributed by atoms with Crippen LogP contribution in [0.1, 0.15) is 38.2 Å². The Labute approximate surface area is 165 Å². The average Bonchev–Trinajstić information content (AvgIpc) is 3.26. The fraction of sp³-hybridized carbons (Fsp3) is 0.591. The van der Waals surface area contributed by atoms with Gasteiger partial charge >= 0.3 is 5.97 Å². The second kappa shape index (κ2) is 5.97. The molecule has 5 rings (SSSR count). The van der Waals surface area contributed by atoms with E-state index in [4.69, 9.17) is 9.47 Å². The van der Waals surface area contributed by atoms with Gasteiger partial charge in [0, 0.05) is 28.9 Å². The predicted molar refractivity (Wildman–Crippen MR) is 105 cm³/mol. The standard InChI is InChI=1S/C22H28N2O4/c1-13(25)21-7-4-9-24-10-8-22(20(21)24)16-6-5-14(27-2)11-17(16)23-18(22)15(12-21)19(26)28-3/h5-6,11,13,20,23,25H,4,7-10,12H2,1-3H3/t13-,20-,21-,22-/m0/s1. The fourth-order valence-electron chi connectivity index (χ4n) is 6.64. The van der Waals surface area contributed by atoms with Crippen LogP contribution in [-0.4, -0.2) is 55.4 Å². The van der Waals surface area contributed by atoms with Gasteiger partial charge in [0.1, 0.15) is 5.75 Å². The SMILES string of the molecule is COC(=O)C1=C2Nc3cc(OC)ccc3[C@@]23CCN2CCC[C@@]([C@H](C)O)(C1)[C@H]23. The number of rotatable bonds is 3. The Bertz CT molecular complexity index is 879. The van der Waals surface area contributed by atoms with Crippen molar-refractivity contribution in [3.63, 3.8) is 0 Å². The molecule has 1 aliphatic carbocycles. The lowest BCUT2D eigenvalue weighted by Gasteiger charge is -2.57. The molecule has 6 heteroatoms. The second-order valence-electron chi connectivity index (χ2n) is 8.73. The van der Waals surface area contributed by atoms with Gasteiger partial charge in [0.25, 0.3) is 0 Å². The van der Waals surface area contributed by atoms with Crippen LogP contribution < -0.4 is 10.1 Å². The van der Waals surface area contributed by atoms with E-state index in [1.54, 1.807) is 7.11 Å². The topological polar surface area (TPSA) is 71.0 Å². The van der Waals surface area contributed by atoms with E-state index in [0.717, 1.165) is 49.5 Å². The van der Waals surface area contributed by atoms with Crippen LogP contribution in [0.3, 0.4) is 0 Å². The van der Waals surface area contributed by atoms with E-state index in [0.29, 0.717) is 12.0 Å². The van der Waals surface area contributed by atoms with Gasteiger partial charge in [-0.3, -0.25) is 4.90 Å². The van der Waals surface area contributed by atoms with Crippen LogP contribution in [-0.2, 0) is 14.9 Å². The lowest BCUT2D eigenvalue weighted by Crippen LogP contribution is -2.63. The number of piperidine rings is 1. The monoisotopic (exact) mass is 384 g/mol. The number of nitrogens with one attached hydrogen (secondary N) is 1. The summed E-state index contributed by atoms with van der Waals surface area (Å²) in [5.74, 6) is 0.506. The van der Waals surface area contributed by atoms with E-state index in [2.05, 4.69) is 16.3 Å². The van der Waals surface area contributed by atoms with Gasteiger partial charge in [0.15, 0.2) is 0 Å². The Morgan fingerprint density at radius 2 is 2.14 bits per heavy atom. The first-order valence-electron chi connectivity index (χ1n) is 10.2. The molecule has 150 valence electrons. The minimum Gasteiger partial charge on any atom is -0.497 e.